The molecule has 2 N–H and O–H groups in total. The molecular weight excluding hydrogens is 180 g/mol. The predicted octanol–water partition coefficient (Wildman–Crippen LogP) is 2.68. The Hall–Kier alpha value is -0.570. The van der Waals surface area contributed by atoms with Crippen molar-refractivity contribution in [1.82, 2.24) is 0 Å². The van der Waals surface area contributed by atoms with E-state index in [1.807, 2.05) is 0 Å². The Balaban J connectivity index is 0. The number of aliphatic carboxylic acids is 1. The van der Waals surface area contributed by atoms with Crippen molar-refractivity contribution in [2.45, 2.75) is 52.9 Å². The monoisotopic (exact) mass is 204 g/mol. The van der Waals surface area contributed by atoms with Gasteiger partial charge in [0.05, 0.1) is 5.92 Å². The quantitative estimate of drug-likeness (QED) is 0.654. The molecule has 3 heteroatoms. The third-order valence-electron chi connectivity index (χ3n) is 1.91. The molecule has 0 saturated heterocycles. The van der Waals surface area contributed by atoms with Crippen LogP contribution in [0.2, 0.25) is 0 Å². The van der Waals surface area contributed by atoms with Gasteiger partial charge in [-0.25, -0.2) is 0 Å². The Bertz CT molecular complexity index is 124. The van der Waals surface area contributed by atoms with Crippen LogP contribution in [-0.4, -0.2) is 22.8 Å². The van der Waals surface area contributed by atoms with Gasteiger partial charge in [-0.1, -0.05) is 39.5 Å². The van der Waals surface area contributed by atoms with Gasteiger partial charge in [0.15, 0.2) is 0 Å². The summed E-state index contributed by atoms with van der Waals surface area (Å²) < 4.78 is 0. The standard InChI is InChI=1S/C9H18O2.C2H6O/c1-3-4-5-6-7-8(2)9(10)11;1-2-3/h8H,3-7H2,1-2H3,(H,10,11);3H,2H2,1H3. The summed E-state index contributed by atoms with van der Waals surface area (Å²) in [6, 6.07) is 0. The highest BCUT2D eigenvalue weighted by Gasteiger charge is 2.08. The van der Waals surface area contributed by atoms with Crippen LogP contribution in [-0.2, 0) is 4.79 Å². The zero-order chi connectivity index (χ0) is 11.4. The minimum absolute atomic E-state index is 0.160. The molecule has 0 radical (unpaired) electrons. The molecular formula is C11H24O3. The molecule has 1 unspecified atom stereocenters. The van der Waals surface area contributed by atoms with Crippen LogP contribution >= 0.6 is 0 Å². The Morgan fingerprint density at radius 3 is 2.07 bits per heavy atom. The fourth-order valence-electron chi connectivity index (χ4n) is 1.00. The minimum Gasteiger partial charge on any atom is -0.481 e. The molecule has 14 heavy (non-hydrogen) atoms. The van der Waals surface area contributed by atoms with E-state index in [0.717, 1.165) is 12.8 Å². The number of hydrogen-bond acceptors (Lipinski definition) is 2. The van der Waals surface area contributed by atoms with Crippen LogP contribution in [0.25, 0.3) is 0 Å². The smallest absolute Gasteiger partial charge is 0.306 e. The van der Waals surface area contributed by atoms with Crippen LogP contribution in [0.5, 0.6) is 0 Å². The summed E-state index contributed by atoms with van der Waals surface area (Å²) in [6.07, 6.45) is 5.50. The van der Waals surface area contributed by atoms with Crippen molar-refractivity contribution in [1.29, 1.82) is 0 Å². The van der Waals surface area contributed by atoms with Crippen LogP contribution in [0.15, 0.2) is 0 Å². The molecule has 0 saturated carbocycles. The Kier molecular flexibility index (Phi) is 14.1. The number of hydrogen-bond donors (Lipinski definition) is 2. The lowest BCUT2D eigenvalue weighted by Crippen LogP contribution is -2.08. The maximum absolute atomic E-state index is 10.4. The lowest BCUT2D eigenvalue weighted by molar-refractivity contribution is -0.141. The summed E-state index contributed by atoms with van der Waals surface area (Å²) in [5.74, 6) is -0.826. The largest absolute Gasteiger partial charge is 0.481 e. The molecule has 0 bridgehead atoms. The molecule has 86 valence electrons. The maximum atomic E-state index is 10.4. The molecule has 0 rings (SSSR count). The van der Waals surface area contributed by atoms with Crippen molar-refractivity contribution in [2.24, 2.45) is 5.92 Å². The van der Waals surface area contributed by atoms with Crippen molar-refractivity contribution >= 4 is 5.97 Å². The maximum Gasteiger partial charge on any atom is 0.306 e. The molecule has 0 heterocycles. The van der Waals surface area contributed by atoms with E-state index in [2.05, 4.69) is 6.92 Å². The van der Waals surface area contributed by atoms with Crippen molar-refractivity contribution in [3.05, 3.63) is 0 Å². The van der Waals surface area contributed by atoms with Gasteiger partial charge < -0.3 is 10.2 Å². The van der Waals surface area contributed by atoms with E-state index in [1.165, 1.54) is 19.3 Å². The number of rotatable bonds is 6. The summed E-state index contributed by atoms with van der Waals surface area (Å²) in [5, 5.41) is 16.1. The fourth-order valence-corrected chi connectivity index (χ4v) is 1.00. The molecule has 1 atom stereocenters. The van der Waals surface area contributed by atoms with Gasteiger partial charge in [0.2, 0.25) is 0 Å². The van der Waals surface area contributed by atoms with Gasteiger partial charge in [-0.2, -0.15) is 0 Å². The Morgan fingerprint density at radius 1 is 1.21 bits per heavy atom. The highest BCUT2D eigenvalue weighted by Crippen LogP contribution is 2.09. The van der Waals surface area contributed by atoms with E-state index in [4.69, 9.17) is 10.2 Å². The average molecular weight is 204 g/mol. The molecule has 0 aromatic carbocycles. The third kappa shape index (κ3) is 14.0. The second-order valence-corrected chi connectivity index (χ2v) is 3.40. The highest BCUT2D eigenvalue weighted by molar-refractivity contribution is 5.69. The Morgan fingerprint density at radius 2 is 1.71 bits per heavy atom. The van der Waals surface area contributed by atoms with E-state index in [0.29, 0.717) is 0 Å². The highest BCUT2D eigenvalue weighted by atomic mass is 16.4. The van der Waals surface area contributed by atoms with Gasteiger partial charge in [-0.05, 0) is 13.3 Å². The average Bonchev–Trinajstić information content (AvgIpc) is 2.13. The minimum atomic E-state index is -0.665. The first-order valence-corrected chi connectivity index (χ1v) is 5.43. The topological polar surface area (TPSA) is 57.5 Å². The second kappa shape index (κ2) is 12.4. The van der Waals surface area contributed by atoms with Crippen LogP contribution in [0, 0.1) is 5.92 Å². The number of carbonyl (C=O) groups is 1. The Labute approximate surface area is 87.1 Å². The first kappa shape index (κ1) is 15.9. The lowest BCUT2D eigenvalue weighted by atomic mass is 10.0. The summed E-state index contributed by atoms with van der Waals surface area (Å²) in [4.78, 5) is 10.4. The van der Waals surface area contributed by atoms with Crippen molar-refractivity contribution in [3.8, 4) is 0 Å². The lowest BCUT2D eigenvalue weighted by Gasteiger charge is -2.04. The van der Waals surface area contributed by atoms with Gasteiger partial charge in [0, 0.05) is 6.61 Å². The first-order valence-electron chi connectivity index (χ1n) is 5.43. The van der Waals surface area contributed by atoms with E-state index in [-0.39, 0.29) is 12.5 Å². The number of carboxylic acid groups (broad SMARTS) is 1. The van der Waals surface area contributed by atoms with E-state index < -0.39 is 5.97 Å². The number of aliphatic hydroxyl groups excluding tert-OH is 1. The summed E-state index contributed by atoms with van der Waals surface area (Å²) in [7, 11) is 0. The van der Waals surface area contributed by atoms with E-state index in [9.17, 15) is 4.79 Å². The van der Waals surface area contributed by atoms with Gasteiger partial charge in [0.1, 0.15) is 0 Å². The van der Waals surface area contributed by atoms with Crippen LogP contribution < -0.4 is 0 Å². The second-order valence-electron chi connectivity index (χ2n) is 3.40. The van der Waals surface area contributed by atoms with E-state index in [1.54, 1.807) is 13.8 Å². The molecule has 0 aliphatic heterocycles. The fraction of sp³-hybridized carbons (Fsp3) is 0.909. The first-order chi connectivity index (χ1) is 6.59. The zero-order valence-corrected chi connectivity index (χ0v) is 9.62. The van der Waals surface area contributed by atoms with Crippen LogP contribution in [0.4, 0.5) is 0 Å². The van der Waals surface area contributed by atoms with E-state index >= 15 is 0 Å². The summed E-state index contributed by atoms with van der Waals surface area (Å²) in [5.41, 5.74) is 0. The number of carboxylic acids is 1. The molecule has 0 aromatic rings. The van der Waals surface area contributed by atoms with Gasteiger partial charge >= 0.3 is 5.97 Å². The third-order valence-corrected chi connectivity index (χ3v) is 1.91. The van der Waals surface area contributed by atoms with Crippen molar-refractivity contribution in [3.63, 3.8) is 0 Å². The number of aliphatic hydroxyl groups is 1. The van der Waals surface area contributed by atoms with Crippen molar-refractivity contribution < 1.29 is 15.0 Å². The van der Waals surface area contributed by atoms with Crippen molar-refractivity contribution in [2.75, 3.05) is 6.61 Å². The summed E-state index contributed by atoms with van der Waals surface area (Å²) in [6.45, 7) is 5.86. The van der Waals surface area contributed by atoms with Gasteiger partial charge in [-0.15, -0.1) is 0 Å². The number of unbranched alkanes of at least 4 members (excludes halogenated alkanes) is 3. The van der Waals surface area contributed by atoms with Gasteiger partial charge in [-0.3, -0.25) is 4.79 Å². The molecule has 0 aliphatic rings. The summed E-state index contributed by atoms with van der Waals surface area (Å²) >= 11 is 0. The molecule has 0 amide bonds. The zero-order valence-electron chi connectivity index (χ0n) is 9.62. The molecule has 0 aliphatic carbocycles. The molecule has 0 spiro atoms. The van der Waals surface area contributed by atoms with Crippen LogP contribution in [0.3, 0.4) is 0 Å². The molecule has 3 nitrogen and oxygen atoms in total. The predicted molar refractivity (Wildman–Crippen MR) is 58.3 cm³/mol. The SMILES string of the molecule is CCCCCCC(C)C(=O)O.CCO. The van der Waals surface area contributed by atoms with Crippen LogP contribution in [0.1, 0.15) is 52.9 Å². The molecule has 0 fully saturated rings. The normalized spacial score (nSPS) is 11.4. The molecule has 0 aromatic heterocycles. The van der Waals surface area contributed by atoms with Gasteiger partial charge in [0.25, 0.3) is 0 Å².